The lowest BCUT2D eigenvalue weighted by molar-refractivity contribution is 0.0603. The standard InChI is InChI=1S/C19H28N2O4/c1-4-5-6-16-12-24-19(23)21(16)15-7-9-20(10-8-15)18(22)17-11-13(2)14(3)25-17/h11,15-16H,4-10,12H2,1-3H3. The number of unbranched alkanes of at least 4 members (excludes halogenated alkanes) is 1. The second kappa shape index (κ2) is 7.50. The van der Waals surface area contributed by atoms with Gasteiger partial charge in [-0.25, -0.2) is 4.79 Å². The first-order valence-corrected chi connectivity index (χ1v) is 9.32. The van der Waals surface area contributed by atoms with E-state index in [1.807, 2.05) is 29.7 Å². The van der Waals surface area contributed by atoms with Gasteiger partial charge in [-0.15, -0.1) is 0 Å². The molecule has 3 rings (SSSR count). The van der Waals surface area contributed by atoms with E-state index >= 15 is 0 Å². The number of cyclic esters (lactones) is 1. The monoisotopic (exact) mass is 348 g/mol. The zero-order chi connectivity index (χ0) is 18.0. The Labute approximate surface area is 149 Å². The van der Waals surface area contributed by atoms with E-state index in [1.54, 1.807) is 0 Å². The third-order valence-electron chi connectivity index (χ3n) is 5.42. The highest BCUT2D eigenvalue weighted by molar-refractivity contribution is 5.91. The summed E-state index contributed by atoms with van der Waals surface area (Å²) in [6.45, 7) is 7.76. The molecule has 1 aromatic rings. The van der Waals surface area contributed by atoms with Crippen LogP contribution in [-0.4, -0.2) is 53.6 Å². The van der Waals surface area contributed by atoms with Gasteiger partial charge in [0.05, 0.1) is 6.04 Å². The van der Waals surface area contributed by atoms with Crippen molar-refractivity contribution >= 4 is 12.0 Å². The van der Waals surface area contributed by atoms with Crippen LogP contribution in [-0.2, 0) is 4.74 Å². The van der Waals surface area contributed by atoms with Gasteiger partial charge in [0.25, 0.3) is 5.91 Å². The Morgan fingerprint density at radius 2 is 2.00 bits per heavy atom. The number of carbonyl (C=O) groups is 2. The molecule has 138 valence electrons. The molecule has 1 atom stereocenters. The fraction of sp³-hybridized carbons (Fsp3) is 0.684. The molecule has 0 saturated carbocycles. The quantitative estimate of drug-likeness (QED) is 0.817. The Morgan fingerprint density at radius 3 is 2.60 bits per heavy atom. The lowest BCUT2D eigenvalue weighted by Crippen LogP contribution is -2.49. The third-order valence-corrected chi connectivity index (χ3v) is 5.42. The number of ether oxygens (including phenoxy) is 1. The maximum Gasteiger partial charge on any atom is 0.410 e. The van der Waals surface area contributed by atoms with Gasteiger partial charge in [-0.3, -0.25) is 9.69 Å². The molecule has 1 aromatic heterocycles. The molecule has 0 aliphatic carbocycles. The van der Waals surface area contributed by atoms with Crippen LogP contribution in [0.3, 0.4) is 0 Å². The first-order chi connectivity index (χ1) is 12.0. The van der Waals surface area contributed by atoms with Crippen molar-refractivity contribution in [1.29, 1.82) is 0 Å². The van der Waals surface area contributed by atoms with Gasteiger partial charge in [0.15, 0.2) is 5.76 Å². The average molecular weight is 348 g/mol. The maximum atomic E-state index is 12.6. The van der Waals surface area contributed by atoms with Crippen LogP contribution < -0.4 is 0 Å². The highest BCUT2D eigenvalue weighted by Gasteiger charge is 2.39. The van der Waals surface area contributed by atoms with E-state index < -0.39 is 0 Å². The number of hydrogen-bond donors (Lipinski definition) is 0. The van der Waals surface area contributed by atoms with Crippen molar-refractivity contribution in [3.63, 3.8) is 0 Å². The van der Waals surface area contributed by atoms with Crippen LogP contribution in [0.2, 0.25) is 0 Å². The van der Waals surface area contributed by atoms with E-state index in [0.717, 1.165) is 43.4 Å². The summed E-state index contributed by atoms with van der Waals surface area (Å²) in [4.78, 5) is 28.5. The number of aryl methyl sites for hydroxylation is 2. The van der Waals surface area contributed by atoms with Crippen LogP contribution in [0.5, 0.6) is 0 Å². The summed E-state index contributed by atoms with van der Waals surface area (Å²) in [6.07, 6.45) is 4.61. The van der Waals surface area contributed by atoms with Crippen molar-refractivity contribution in [1.82, 2.24) is 9.80 Å². The highest BCUT2D eigenvalue weighted by Crippen LogP contribution is 2.27. The third kappa shape index (κ3) is 3.67. The van der Waals surface area contributed by atoms with Crippen LogP contribution in [0.1, 0.15) is 60.9 Å². The topological polar surface area (TPSA) is 63.0 Å². The van der Waals surface area contributed by atoms with Crippen LogP contribution in [0, 0.1) is 13.8 Å². The molecule has 2 amide bonds. The predicted octanol–water partition coefficient (Wildman–Crippen LogP) is 3.51. The van der Waals surface area contributed by atoms with Crippen molar-refractivity contribution < 1.29 is 18.7 Å². The average Bonchev–Trinajstić information content (AvgIpc) is 3.15. The van der Waals surface area contributed by atoms with Gasteiger partial charge < -0.3 is 14.1 Å². The van der Waals surface area contributed by atoms with Crippen LogP contribution >= 0.6 is 0 Å². The molecule has 25 heavy (non-hydrogen) atoms. The molecule has 2 aliphatic rings. The van der Waals surface area contributed by atoms with Crippen molar-refractivity contribution in [3.05, 3.63) is 23.2 Å². The van der Waals surface area contributed by atoms with E-state index in [4.69, 9.17) is 9.15 Å². The molecular weight excluding hydrogens is 320 g/mol. The fourth-order valence-electron chi connectivity index (χ4n) is 3.76. The van der Waals surface area contributed by atoms with Crippen LogP contribution in [0.15, 0.2) is 10.5 Å². The number of rotatable bonds is 5. The molecule has 0 bridgehead atoms. The molecule has 2 saturated heterocycles. The van der Waals surface area contributed by atoms with Gasteiger partial charge >= 0.3 is 6.09 Å². The Balaban J connectivity index is 1.59. The van der Waals surface area contributed by atoms with Crippen molar-refractivity contribution in [2.24, 2.45) is 0 Å². The van der Waals surface area contributed by atoms with E-state index in [0.29, 0.717) is 25.5 Å². The molecule has 2 aliphatic heterocycles. The minimum absolute atomic E-state index is 0.0545. The van der Waals surface area contributed by atoms with E-state index in [9.17, 15) is 9.59 Å². The maximum absolute atomic E-state index is 12.6. The SMILES string of the molecule is CCCCC1COC(=O)N1C1CCN(C(=O)c2cc(C)c(C)o2)CC1. The van der Waals surface area contributed by atoms with Gasteiger partial charge in [-0.2, -0.15) is 0 Å². The summed E-state index contributed by atoms with van der Waals surface area (Å²) in [5.41, 5.74) is 0.997. The molecule has 0 N–H and O–H groups in total. The second-order valence-corrected chi connectivity index (χ2v) is 7.15. The molecule has 6 nitrogen and oxygen atoms in total. The van der Waals surface area contributed by atoms with Gasteiger partial charge in [-0.05, 0) is 44.7 Å². The molecule has 0 aromatic carbocycles. The minimum atomic E-state index is -0.192. The highest BCUT2D eigenvalue weighted by atomic mass is 16.6. The predicted molar refractivity (Wildman–Crippen MR) is 93.6 cm³/mol. The van der Waals surface area contributed by atoms with Crippen LogP contribution in [0.25, 0.3) is 0 Å². The molecule has 0 radical (unpaired) electrons. The lowest BCUT2D eigenvalue weighted by atomic mass is 10.00. The summed E-state index contributed by atoms with van der Waals surface area (Å²) >= 11 is 0. The number of amides is 2. The van der Waals surface area contributed by atoms with Crippen molar-refractivity contribution in [3.8, 4) is 0 Å². The number of furan rings is 1. The molecule has 0 spiro atoms. The largest absolute Gasteiger partial charge is 0.456 e. The zero-order valence-corrected chi connectivity index (χ0v) is 15.4. The summed E-state index contributed by atoms with van der Waals surface area (Å²) in [6, 6.07) is 2.17. The molecular formula is C19H28N2O4. The van der Waals surface area contributed by atoms with Crippen LogP contribution in [0.4, 0.5) is 4.79 Å². The van der Waals surface area contributed by atoms with Gasteiger partial charge in [0, 0.05) is 19.1 Å². The minimum Gasteiger partial charge on any atom is -0.456 e. The van der Waals surface area contributed by atoms with Crippen molar-refractivity contribution in [2.75, 3.05) is 19.7 Å². The number of piperidine rings is 1. The second-order valence-electron chi connectivity index (χ2n) is 7.15. The normalized spacial score (nSPS) is 21.7. The van der Waals surface area contributed by atoms with E-state index in [-0.39, 0.29) is 24.1 Å². The zero-order valence-electron chi connectivity index (χ0n) is 15.4. The number of likely N-dealkylation sites (tertiary alicyclic amines) is 1. The van der Waals surface area contributed by atoms with Gasteiger partial charge in [0.2, 0.25) is 0 Å². The van der Waals surface area contributed by atoms with E-state index in [1.165, 1.54) is 0 Å². The Morgan fingerprint density at radius 1 is 1.28 bits per heavy atom. The Hall–Kier alpha value is -1.98. The fourth-order valence-corrected chi connectivity index (χ4v) is 3.76. The van der Waals surface area contributed by atoms with Gasteiger partial charge in [-0.1, -0.05) is 19.8 Å². The first-order valence-electron chi connectivity index (χ1n) is 9.32. The summed E-state index contributed by atoms with van der Waals surface area (Å²) in [7, 11) is 0. The van der Waals surface area contributed by atoms with Gasteiger partial charge in [0.1, 0.15) is 12.4 Å². The molecule has 2 fully saturated rings. The lowest BCUT2D eigenvalue weighted by Gasteiger charge is -2.37. The summed E-state index contributed by atoms with van der Waals surface area (Å²) in [5.74, 6) is 1.15. The number of hydrogen-bond acceptors (Lipinski definition) is 4. The molecule has 1 unspecified atom stereocenters. The smallest absolute Gasteiger partial charge is 0.410 e. The molecule has 3 heterocycles. The van der Waals surface area contributed by atoms with Crippen molar-refractivity contribution in [2.45, 2.75) is 65.0 Å². The number of nitrogens with zero attached hydrogens (tertiary/aromatic N) is 2. The summed E-state index contributed by atoms with van der Waals surface area (Å²) < 4.78 is 10.8. The number of carbonyl (C=O) groups excluding carboxylic acids is 2. The Bertz CT molecular complexity index is 612. The first kappa shape index (κ1) is 17.8. The Kier molecular flexibility index (Phi) is 5.35. The van der Waals surface area contributed by atoms with E-state index in [2.05, 4.69) is 6.92 Å². The molecule has 6 heteroatoms. The summed E-state index contributed by atoms with van der Waals surface area (Å²) in [5, 5.41) is 0.